The number of thioether (sulfide) groups is 1. The van der Waals surface area contributed by atoms with E-state index in [9.17, 15) is 19.2 Å². The van der Waals surface area contributed by atoms with E-state index in [1.165, 1.54) is 23.0 Å². The molecule has 1 aromatic heterocycles. The fourth-order valence-corrected chi connectivity index (χ4v) is 4.69. The fourth-order valence-electron chi connectivity index (χ4n) is 3.55. The number of aromatic amines is 1. The van der Waals surface area contributed by atoms with Gasteiger partial charge in [-0.3, -0.25) is 19.2 Å². The Morgan fingerprint density at radius 3 is 2.85 bits per heavy atom. The van der Waals surface area contributed by atoms with Gasteiger partial charge in [-0.1, -0.05) is 6.92 Å². The molecule has 2 aliphatic rings. The third-order valence-electron chi connectivity index (χ3n) is 5.03. The number of ketones is 1. The molecular weight excluding hydrogens is 370 g/mol. The Hall–Kier alpha value is -2.36. The number of carbonyl (C=O) groups excluding carboxylic acids is 4. The van der Waals surface area contributed by atoms with Crippen molar-refractivity contribution in [3.63, 3.8) is 0 Å². The lowest BCUT2D eigenvalue weighted by molar-refractivity contribution is -0.141. The van der Waals surface area contributed by atoms with Crippen LogP contribution in [0.5, 0.6) is 0 Å². The Labute approximate surface area is 160 Å². The number of nitrogens with one attached hydrogen (secondary N) is 2. The van der Waals surface area contributed by atoms with E-state index in [2.05, 4.69) is 15.3 Å². The molecule has 0 bridgehead atoms. The Kier molecular flexibility index (Phi) is 5.83. The van der Waals surface area contributed by atoms with Crippen molar-refractivity contribution in [2.24, 2.45) is 11.7 Å². The molecule has 3 unspecified atom stereocenters. The SMILES string of the molecule is CC1SCN(C(=O)[C@H](Cc2c[nH]cn2)NC(=O)C2CCC(=O)C2)C1C(N)=O. The Bertz CT molecular complexity index is 738. The van der Waals surface area contributed by atoms with Crippen LogP contribution in [0.1, 0.15) is 31.9 Å². The first kappa shape index (κ1) is 19.4. The number of amides is 3. The lowest BCUT2D eigenvalue weighted by atomic mass is 10.0. The minimum atomic E-state index is -0.871. The van der Waals surface area contributed by atoms with E-state index in [0.29, 0.717) is 24.4 Å². The van der Waals surface area contributed by atoms with Gasteiger partial charge in [0.2, 0.25) is 17.7 Å². The third kappa shape index (κ3) is 4.32. The van der Waals surface area contributed by atoms with Gasteiger partial charge < -0.3 is 20.9 Å². The number of hydrogen-bond donors (Lipinski definition) is 3. The number of rotatable bonds is 6. The molecule has 27 heavy (non-hydrogen) atoms. The second-order valence-corrected chi connectivity index (χ2v) is 8.30. The highest BCUT2D eigenvalue weighted by Gasteiger charge is 2.42. The van der Waals surface area contributed by atoms with Crippen molar-refractivity contribution in [1.82, 2.24) is 20.2 Å². The summed E-state index contributed by atoms with van der Waals surface area (Å²) in [5.74, 6) is -1.26. The second-order valence-electron chi connectivity index (χ2n) is 6.96. The summed E-state index contributed by atoms with van der Waals surface area (Å²) in [5, 5.41) is 2.66. The molecule has 146 valence electrons. The van der Waals surface area contributed by atoms with E-state index in [0.717, 1.165) is 0 Å². The van der Waals surface area contributed by atoms with Gasteiger partial charge in [-0.05, 0) is 6.42 Å². The van der Waals surface area contributed by atoms with E-state index in [-0.39, 0.29) is 35.7 Å². The molecule has 0 aromatic carbocycles. The summed E-state index contributed by atoms with van der Waals surface area (Å²) in [6.45, 7) is 1.85. The van der Waals surface area contributed by atoms with Crippen molar-refractivity contribution in [2.45, 2.75) is 49.9 Å². The Morgan fingerprint density at radius 2 is 2.26 bits per heavy atom. The van der Waals surface area contributed by atoms with Gasteiger partial charge in [0, 0.05) is 36.6 Å². The molecule has 3 amide bonds. The molecule has 2 fully saturated rings. The smallest absolute Gasteiger partial charge is 0.246 e. The lowest BCUT2D eigenvalue weighted by Gasteiger charge is -2.28. The van der Waals surface area contributed by atoms with Crippen LogP contribution in [-0.4, -0.2) is 61.6 Å². The topological polar surface area (TPSA) is 138 Å². The predicted molar refractivity (Wildman–Crippen MR) is 98.3 cm³/mol. The molecule has 10 heteroatoms. The number of H-pyrrole nitrogens is 1. The molecule has 1 saturated heterocycles. The van der Waals surface area contributed by atoms with Crippen LogP contribution in [0.4, 0.5) is 0 Å². The van der Waals surface area contributed by atoms with Crippen molar-refractivity contribution < 1.29 is 19.2 Å². The second kappa shape index (κ2) is 8.12. The van der Waals surface area contributed by atoms with Crippen LogP contribution in [-0.2, 0) is 25.6 Å². The Morgan fingerprint density at radius 1 is 1.48 bits per heavy atom. The van der Waals surface area contributed by atoms with Crippen LogP contribution in [0.15, 0.2) is 12.5 Å². The van der Waals surface area contributed by atoms with E-state index >= 15 is 0 Å². The first-order valence-electron chi connectivity index (χ1n) is 8.88. The lowest BCUT2D eigenvalue weighted by Crippen LogP contribution is -2.55. The highest BCUT2D eigenvalue weighted by atomic mass is 32.2. The molecule has 9 nitrogen and oxygen atoms in total. The minimum Gasteiger partial charge on any atom is -0.368 e. The number of nitrogens with two attached hydrogens (primary N) is 1. The summed E-state index contributed by atoms with van der Waals surface area (Å²) in [5.41, 5.74) is 6.10. The summed E-state index contributed by atoms with van der Waals surface area (Å²) in [6.07, 6.45) is 4.42. The summed E-state index contributed by atoms with van der Waals surface area (Å²) in [4.78, 5) is 57.4. The molecule has 1 aromatic rings. The maximum absolute atomic E-state index is 13.1. The van der Waals surface area contributed by atoms with Crippen molar-refractivity contribution in [3.8, 4) is 0 Å². The quantitative estimate of drug-likeness (QED) is 0.600. The van der Waals surface area contributed by atoms with E-state index in [1.807, 2.05) is 6.92 Å². The first-order valence-corrected chi connectivity index (χ1v) is 9.92. The van der Waals surface area contributed by atoms with Gasteiger partial charge in [0.15, 0.2) is 0 Å². The van der Waals surface area contributed by atoms with Gasteiger partial charge in [-0.15, -0.1) is 11.8 Å². The number of imidazole rings is 1. The average Bonchev–Trinajstić information content (AvgIpc) is 3.34. The Balaban J connectivity index is 1.76. The monoisotopic (exact) mass is 393 g/mol. The van der Waals surface area contributed by atoms with Crippen LogP contribution >= 0.6 is 11.8 Å². The molecule has 3 rings (SSSR count). The molecule has 1 aliphatic heterocycles. The highest BCUT2D eigenvalue weighted by Crippen LogP contribution is 2.29. The number of aromatic nitrogens is 2. The predicted octanol–water partition coefficient (Wildman–Crippen LogP) is -0.418. The van der Waals surface area contributed by atoms with Gasteiger partial charge in [-0.2, -0.15) is 0 Å². The maximum Gasteiger partial charge on any atom is 0.246 e. The zero-order valence-corrected chi connectivity index (χ0v) is 15.8. The van der Waals surface area contributed by atoms with Gasteiger partial charge in [0.05, 0.1) is 17.9 Å². The summed E-state index contributed by atoms with van der Waals surface area (Å²) < 4.78 is 0. The molecule has 4 N–H and O–H groups in total. The van der Waals surface area contributed by atoms with E-state index in [1.54, 1.807) is 6.20 Å². The van der Waals surface area contributed by atoms with Gasteiger partial charge in [0.1, 0.15) is 17.9 Å². The molecule has 1 saturated carbocycles. The first-order chi connectivity index (χ1) is 12.9. The van der Waals surface area contributed by atoms with Crippen LogP contribution in [0.3, 0.4) is 0 Å². The largest absolute Gasteiger partial charge is 0.368 e. The van der Waals surface area contributed by atoms with Gasteiger partial charge in [0.25, 0.3) is 0 Å². The van der Waals surface area contributed by atoms with Crippen LogP contribution in [0.25, 0.3) is 0 Å². The van der Waals surface area contributed by atoms with Crippen molar-refractivity contribution in [1.29, 1.82) is 0 Å². The number of primary amides is 1. The van der Waals surface area contributed by atoms with Crippen molar-refractivity contribution in [3.05, 3.63) is 18.2 Å². The van der Waals surface area contributed by atoms with Gasteiger partial charge >= 0.3 is 0 Å². The standard InChI is InChI=1S/C17H23N5O4S/c1-9-14(15(18)24)22(8-27-9)17(26)13(5-11-6-19-7-20-11)21-16(25)10-2-3-12(23)4-10/h6-7,9-10,13-14H,2-5,8H2,1H3,(H2,18,24)(H,19,20)(H,21,25)/t9?,10?,13-,14?/m0/s1. The number of hydrogen-bond acceptors (Lipinski definition) is 6. The zero-order chi connectivity index (χ0) is 19.6. The third-order valence-corrected chi connectivity index (χ3v) is 6.24. The van der Waals surface area contributed by atoms with Gasteiger partial charge in [-0.25, -0.2) is 4.98 Å². The summed E-state index contributed by atoms with van der Waals surface area (Å²) >= 11 is 1.47. The zero-order valence-electron chi connectivity index (χ0n) is 15.0. The van der Waals surface area contributed by atoms with E-state index < -0.39 is 23.9 Å². The van der Waals surface area contributed by atoms with Crippen LogP contribution in [0, 0.1) is 5.92 Å². The normalized spacial score (nSPS) is 26.2. The average molecular weight is 393 g/mol. The number of Topliss-reactive ketones (excluding diaryl/α,β-unsaturated/α-hetero) is 1. The molecule has 0 spiro atoms. The number of nitrogens with zero attached hydrogens (tertiary/aromatic N) is 2. The van der Waals surface area contributed by atoms with Crippen LogP contribution < -0.4 is 11.1 Å². The highest BCUT2D eigenvalue weighted by molar-refractivity contribution is 8.00. The minimum absolute atomic E-state index is 0.0592. The molecule has 2 heterocycles. The van der Waals surface area contributed by atoms with Crippen molar-refractivity contribution in [2.75, 3.05) is 5.88 Å². The molecule has 0 radical (unpaired) electrons. The van der Waals surface area contributed by atoms with Crippen molar-refractivity contribution >= 4 is 35.3 Å². The summed E-state index contributed by atoms with van der Waals surface area (Å²) in [6, 6.07) is -1.58. The molecule has 1 aliphatic carbocycles. The maximum atomic E-state index is 13.1. The van der Waals surface area contributed by atoms with E-state index in [4.69, 9.17) is 5.73 Å². The summed E-state index contributed by atoms with van der Waals surface area (Å²) in [7, 11) is 0. The molecular formula is C17H23N5O4S. The molecule has 4 atom stereocenters. The number of carbonyl (C=O) groups is 4. The fraction of sp³-hybridized carbons (Fsp3) is 0.588. The van der Waals surface area contributed by atoms with Crippen LogP contribution in [0.2, 0.25) is 0 Å².